The summed E-state index contributed by atoms with van der Waals surface area (Å²) in [6.07, 6.45) is 6.22. The summed E-state index contributed by atoms with van der Waals surface area (Å²) in [5.41, 5.74) is -1.75. The van der Waals surface area contributed by atoms with Gasteiger partial charge in [0.1, 0.15) is 17.8 Å². The maximum absolute atomic E-state index is 13.3. The van der Waals surface area contributed by atoms with E-state index in [0.717, 1.165) is 31.3 Å². The molecule has 6 rings (SSSR count). The molecular weight excluding hydrogens is 448 g/mol. The molecule has 2 aliphatic heterocycles. The number of hydrogen-bond acceptors (Lipinski definition) is 7. The van der Waals surface area contributed by atoms with Gasteiger partial charge in [-0.05, 0) is 81.3 Å². The highest BCUT2D eigenvalue weighted by Gasteiger charge is 2.81. The van der Waals surface area contributed by atoms with Crippen LogP contribution in [0.1, 0.15) is 66.2 Å². The molecule has 6 aliphatic rings. The number of ether oxygens (including phenoxy) is 2. The molecular formula is C28H38O7. The lowest BCUT2D eigenvalue weighted by Crippen LogP contribution is -2.65. The summed E-state index contributed by atoms with van der Waals surface area (Å²) in [7, 11) is 0. The Morgan fingerprint density at radius 1 is 1.17 bits per heavy atom. The second-order valence-electron chi connectivity index (χ2n) is 12.7. The predicted molar refractivity (Wildman–Crippen MR) is 126 cm³/mol. The predicted octanol–water partition coefficient (Wildman–Crippen LogP) is 2.47. The van der Waals surface area contributed by atoms with E-state index in [1.54, 1.807) is 12.2 Å². The van der Waals surface area contributed by atoms with Crippen LogP contribution in [0.3, 0.4) is 0 Å². The van der Waals surface area contributed by atoms with Gasteiger partial charge < -0.3 is 24.8 Å². The van der Waals surface area contributed by atoms with Crippen molar-refractivity contribution in [3.63, 3.8) is 0 Å². The molecule has 0 bridgehead atoms. The zero-order valence-electron chi connectivity index (χ0n) is 21.1. The van der Waals surface area contributed by atoms with Crippen LogP contribution in [-0.4, -0.2) is 63.2 Å². The van der Waals surface area contributed by atoms with Gasteiger partial charge in [-0.1, -0.05) is 19.4 Å². The van der Waals surface area contributed by atoms with E-state index in [2.05, 4.69) is 6.92 Å². The molecule has 11 atom stereocenters. The minimum atomic E-state index is -1.000. The average molecular weight is 487 g/mol. The van der Waals surface area contributed by atoms with Crippen LogP contribution in [0.15, 0.2) is 23.3 Å². The Morgan fingerprint density at radius 3 is 2.57 bits per heavy atom. The highest BCUT2D eigenvalue weighted by atomic mass is 16.6. The molecule has 3 N–H and O–H groups in total. The summed E-state index contributed by atoms with van der Waals surface area (Å²) in [6.45, 7) is 7.72. The maximum Gasteiger partial charge on any atom is 0.336 e. The van der Waals surface area contributed by atoms with Crippen LogP contribution in [-0.2, 0) is 19.1 Å². The summed E-state index contributed by atoms with van der Waals surface area (Å²) in [5, 5.41) is 32.7. The van der Waals surface area contributed by atoms with Crippen molar-refractivity contribution in [2.24, 2.45) is 34.5 Å². The third-order valence-corrected chi connectivity index (χ3v) is 11.8. The van der Waals surface area contributed by atoms with Crippen LogP contribution < -0.4 is 0 Å². The smallest absolute Gasteiger partial charge is 0.336 e. The first-order chi connectivity index (χ1) is 16.5. The number of aliphatic hydroxyl groups is 3. The van der Waals surface area contributed by atoms with Crippen LogP contribution in [0.2, 0.25) is 0 Å². The second kappa shape index (κ2) is 7.27. The lowest BCUT2D eigenvalue weighted by Gasteiger charge is -2.59. The van der Waals surface area contributed by atoms with Crippen LogP contribution in [0.25, 0.3) is 0 Å². The van der Waals surface area contributed by atoms with Gasteiger partial charge in [0, 0.05) is 12.3 Å². The SMILES string of the molecule is CC1=C(CO)C(=O)O[C@@H]([C@@H](C)[C@@]2(O)CC[C@H]3[C@@H]4C[C@H]5O[C@]56C(O)C=CC(=O)[C@]6(C)[C@H]4CC[C@@]32C)C1. The maximum atomic E-state index is 13.3. The minimum Gasteiger partial charge on any atom is -0.458 e. The number of fused-ring (bicyclic) bond motifs is 4. The van der Waals surface area contributed by atoms with Crippen molar-refractivity contribution in [1.82, 2.24) is 0 Å². The summed E-state index contributed by atoms with van der Waals surface area (Å²) < 4.78 is 11.9. The van der Waals surface area contributed by atoms with Crippen molar-refractivity contribution < 1.29 is 34.4 Å². The molecule has 0 aromatic rings. The van der Waals surface area contributed by atoms with Crippen LogP contribution >= 0.6 is 0 Å². The van der Waals surface area contributed by atoms with Crippen molar-refractivity contribution in [3.8, 4) is 0 Å². The standard InChI is InChI=1S/C28H38O7/c1-14-11-20(34-24(32)17(14)13-29)15(2)27(33)10-8-18-16-12-23-28(35-23)22(31)6-5-21(30)26(28,4)19(16)7-9-25(18,27)3/h5-6,15-16,18-20,22-23,29,31,33H,7-13H2,1-4H3/t15-,16+,18+,19+,20-,22?,23-,25+,26+,27+,28-/m1/s1. The molecule has 7 nitrogen and oxygen atoms in total. The normalized spacial score (nSPS) is 53.3. The number of esters is 1. The zero-order chi connectivity index (χ0) is 25.1. The first kappa shape index (κ1) is 23.8. The fourth-order valence-electron chi connectivity index (χ4n) is 9.62. The quantitative estimate of drug-likeness (QED) is 0.414. The number of rotatable bonds is 3. The Labute approximate surface area is 206 Å². The molecule has 0 aromatic heterocycles. The fourth-order valence-corrected chi connectivity index (χ4v) is 9.62. The van der Waals surface area contributed by atoms with E-state index >= 15 is 0 Å². The Bertz CT molecular complexity index is 1050. The molecule has 3 saturated carbocycles. The van der Waals surface area contributed by atoms with E-state index in [1.165, 1.54) is 0 Å². The third kappa shape index (κ3) is 2.66. The van der Waals surface area contributed by atoms with Gasteiger partial charge in [-0.3, -0.25) is 4.79 Å². The molecule has 35 heavy (non-hydrogen) atoms. The van der Waals surface area contributed by atoms with E-state index in [0.29, 0.717) is 18.4 Å². The fraction of sp³-hybridized carbons (Fsp3) is 0.786. The number of carbonyl (C=O) groups is 2. The molecule has 4 aliphatic carbocycles. The van der Waals surface area contributed by atoms with Crippen LogP contribution in [0, 0.1) is 34.5 Å². The number of cyclic esters (lactones) is 1. The van der Waals surface area contributed by atoms with Gasteiger partial charge in [-0.25, -0.2) is 4.79 Å². The number of carbonyl (C=O) groups excluding carboxylic acids is 2. The van der Waals surface area contributed by atoms with Gasteiger partial charge in [-0.15, -0.1) is 0 Å². The number of hydrogen-bond donors (Lipinski definition) is 3. The van der Waals surface area contributed by atoms with E-state index in [1.807, 2.05) is 20.8 Å². The molecule has 2 heterocycles. The Hall–Kier alpha value is -1.54. The van der Waals surface area contributed by atoms with Crippen LogP contribution in [0.4, 0.5) is 0 Å². The summed E-state index contributed by atoms with van der Waals surface area (Å²) >= 11 is 0. The number of allylic oxidation sites excluding steroid dienone is 1. The van der Waals surface area contributed by atoms with Crippen molar-refractivity contribution >= 4 is 11.8 Å². The van der Waals surface area contributed by atoms with Gasteiger partial charge in [0.25, 0.3) is 0 Å². The Kier molecular flexibility index (Phi) is 4.95. The van der Waals surface area contributed by atoms with Crippen molar-refractivity contribution in [1.29, 1.82) is 0 Å². The first-order valence-corrected chi connectivity index (χ1v) is 13.3. The number of epoxide rings is 1. The van der Waals surface area contributed by atoms with E-state index < -0.39 is 34.8 Å². The summed E-state index contributed by atoms with van der Waals surface area (Å²) in [6, 6.07) is 0. The topological polar surface area (TPSA) is 117 Å². The van der Waals surface area contributed by atoms with Crippen molar-refractivity contribution in [2.75, 3.05) is 6.61 Å². The van der Waals surface area contributed by atoms with Crippen LogP contribution in [0.5, 0.6) is 0 Å². The zero-order valence-corrected chi connectivity index (χ0v) is 21.1. The molecule has 1 unspecified atom stereocenters. The van der Waals surface area contributed by atoms with Gasteiger partial charge in [-0.2, -0.15) is 0 Å². The summed E-state index contributed by atoms with van der Waals surface area (Å²) in [5.74, 6) is -0.114. The van der Waals surface area contributed by atoms with Gasteiger partial charge in [0.05, 0.1) is 29.3 Å². The second-order valence-corrected chi connectivity index (χ2v) is 12.7. The van der Waals surface area contributed by atoms with Gasteiger partial charge in [0.2, 0.25) is 0 Å². The highest BCUT2D eigenvalue weighted by Crippen LogP contribution is 2.73. The van der Waals surface area contributed by atoms with Gasteiger partial charge in [0.15, 0.2) is 5.78 Å². The van der Waals surface area contributed by atoms with E-state index in [-0.39, 0.29) is 47.6 Å². The molecule has 4 fully saturated rings. The Morgan fingerprint density at radius 2 is 1.89 bits per heavy atom. The summed E-state index contributed by atoms with van der Waals surface area (Å²) in [4.78, 5) is 25.8. The molecule has 192 valence electrons. The number of ketones is 1. The molecule has 0 amide bonds. The minimum absolute atomic E-state index is 0.0568. The average Bonchev–Trinajstić information content (AvgIpc) is 3.49. The molecule has 0 radical (unpaired) electrons. The molecule has 1 spiro atoms. The lowest BCUT2D eigenvalue weighted by atomic mass is 9.44. The monoisotopic (exact) mass is 486 g/mol. The third-order valence-electron chi connectivity index (χ3n) is 11.8. The van der Waals surface area contributed by atoms with Crippen molar-refractivity contribution in [3.05, 3.63) is 23.3 Å². The Balaban J connectivity index is 1.31. The molecule has 0 aromatic carbocycles. The van der Waals surface area contributed by atoms with Gasteiger partial charge >= 0.3 is 5.97 Å². The van der Waals surface area contributed by atoms with Crippen molar-refractivity contribution in [2.45, 2.75) is 95.7 Å². The highest BCUT2D eigenvalue weighted by molar-refractivity contribution is 5.98. The molecule has 7 heteroatoms. The lowest BCUT2D eigenvalue weighted by molar-refractivity contribution is -0.188. The van der Waals surface area contributed by atoms with E-state index in [9.17, 15) is 24.9 Å². The first-order valence-electron chi connectivity index (χ1n) is 13.3. The molecule has 1 saturated heterocycles. The number of aliphatic hydroxyl groups excluding tert-OH is 2. The van der Waals surface area contributed by atoms with E-state index in [4.69, 9.17) is 9.47 Å². The largest absolute Gasteiger partial charge is 0.458 e.